The summed E-state index contributed by atoms with van der Waals surface area (Å²) < 4.78 is 0. The molecule has 0 fully saturated rings. The molecule has 0 spiro atoms. The Bertz CT molecular complexity index is 850. The van der Waals surface area contributed by atoms with E-state index in [4.69, 9.17) is 5.73 Å². The molecule has 0 aliphatic rings. The van der Waals surface area contributed by atoms with Crippen LogP contribution in [0.3, 0.4) is 0 Å². The highest BCUT2D eigenvalue weighted by molar-refractivity contribution is 7.99. The lowest BCUT2D eigenvalue weighted by Gasteiger charge is -2.25. The smallest absolute Gasteiger partial charge is 0.233 e. The molecule has 0 radical (unpaired) electrons. The summed E-state index contributed by atoms with van der Waals surface area (Å²) in [6.07, 6.45) is 0. The summed E-state index contributed by atoms with van der Waals surface area (Å²) in [7, 11) is 1.82. The van der Waals surface area contributed by atoms with Crippen molar-refractivity contribution in [2.45, 2.75) is 18.1 Å². The Kier molecular flexibility index (Phi) is 5.01. The molecule has 3 aromatic rings. The quantitative estimate of drug-likeness (QED) is 0.557. The van der Waals surface area contributed by atoms with E-state index in [1.165, 1.54) is 23.1 Å². The van der Waals surface area contributed by atoms with Crippen molar-refractivity contribution < 1.29 is 4.79 Å². The number of anilines is 1. The van der Waals surface area contributed by atoms with Gasteiger partial charge in [-0.1, -0.05) is 42.1 Å². The Morgan fingerprint density at radius 1 is 1.29 bits per heavy atom. The summed E-state index contributed by atoms with van der Waals surface area (Å²) in [5.41, 5.74) is 7.05. The van der Waals surface area contributed by atoms with Crippen molar-refractivity contribution in [1.29, 1.82) is 0 Å². The Morgan fingerprint density at radius 3 is 2.79 bits per heavy atom. The zero-order chi connectivity index (χ0) is 17.1. The molecule has 2 aromatic heterocycles. The number of thiophene rings is 1. The van der Waals surface area contributed by atoms with Crippen molar-refractivity contribution in [1.82, 2.24) is 14.9 Å². The van der Waals surface area contributed by atoms with Gasteiger partial charge in [0.2, 0.25) is 5.91 Å². The molecule has 24 heavy (non-hydrogen) atoms. The first-order valence-corrected chi connectivity index (χ1v) is 9.37. The Balaban J connectivity index is 1.65. The standard InChI is InChI=1S/C17H18N4OS2/c1-11(12-6-4-3-5-7-12)21(2)14(22)10-24-17-19-15(18)13-8-9-23-16(13)20-17/h3-9,11H,10H2,1-2H3,(H2,18,19,20)/t11-/m1/s1. The van der Waals surface area contributed by atoms with E-state index in [0.717, 1.165) is 15.8 Å². The van der Waals surface area contributed by atoms with Crippen molar-refractivity contribution in [3.63, 3.8) is 0 Å². The van der Waals surface area contributed by atoms with Crippen LogP contribution in [0, 0.1) is 0 Å². The van der Waals surface area contributed by atoms with Gasteiger partial charge in [0.25, 0.3) is 0 Å². The molecule has 0 saturated carbocycles. The molecule has 2 N–H and O–H groups in total. The maximum absolute atomic E-state index is 12.5. The molecule has 0 aliphatic carbocycles. The van der Waals surface area contributed by atoms with Gasteiger partial charge < -0.3 is 10.6 Å². The maximum atomic E-state index is 12.5. The Labute approximate surface area is 148 Å². The normalized spacial score (nSPS) is 12.2. The zero-order valence-electron chi connectivity index (χ0n) is 13.5. The molecule has 0 aliphatic heterocycles. The van der Waals surface area contributed by atoms with Crippen LogP contribution in [0.4, 0.5) is 5.82 Å². The molecule has 2 heterocycles. The molecule has 0 unspecified atom stereocenters. The molecule has 3 rings (SSSR count). The first-order valence-electron chi connectivity index (χ1n) is 7.50. The van der Waals surface area contributed by atoms with E-state index in [-0.39, 0.29) is 17.7 Å². The number of carbonyl (C=O) groups is 1. The molecular formula is C17H18N4OS2. The molecule has 5 nitrogen and oxygen atoms in total. The van der Waals surface area contributed by atoms with Gasteiger partial charge in [0, 0.05) is 7.05 Å². The van der Waals surface area contributed by atoms with Gasteiger partial charge in [-0.25, -0.2) is 9.97 Å². The van der Waals surface area contributed by atoms with Crippen LogP contribution < -0.4 is 5.73 Å². The fourth-order valence-electron chi connectivity index (χ4n) is 2.32. The number of aromatic nitrogens is 2. The minimum absolute atomic E-state index is 0.0186. The molecule has 124 valence electrons. The van der Waals surface area contributed by atoms with E-state index in [1.54, 1.807) is 4.90 Å². The van der Waals surface area contributed by atoms with E-state index in [1.807, 2.05) is 55.7 Å². The van der Waals surface area contributed by atoms with Crippen molar-refractivity contribution in [3.8, 4) is 0 Å². The highest BCUT2D eigenvalue weighted by atomic mass is 32.2. The lowest BCUT2D eigenvalue weighted by molar-refractivity contribution is -0.128. The summed E-state index contributed by atoms with van der Waals surface area (Å²) in [6, 6.07) is 11.9. The number of fused-ring (bicyclic) bond motifs is 1. The van der Waals surface area contributed by atoms with Gasteiger partial charge in [0.1, 0.15) is 10.6 Å². The highest BCUT2D eigenvalue weighted by Gasteiger charge is 2.18. The van der Waals surface area contributed by atoms with Crippen LogP contribution in [0.1, 0.15) is 18.5 Å². The predicted molar refractivity (Wildman–Crippen MR) is 100 cm³/mol. The fourth-order valence-corrected chi connectivity index (χ4v) is 3.93. The second-order valence-corrected chi connectivity index (χ2v) is 7.25. The van der Waals surface area contributed by atoms with E-state index < -0.39 is 0 Å². The third-order valence-electron chi connectivity index (χ3n) is 3.92. The van der Waals surface area contributed by atoms with Crippen LogP contribution in [0.25, 0.3) is 10.2 Å². The minimum atomic E-state index is 0.0186. The second-order valence-electron chi connectivity index (χ2n) is 5.41. The summed E-state index contributed by atoms with van der Waals surface area (Å²) in [5.74, 6) is 0.774. The first-order chi connectivity index (χ1) is 11.6. The number of nitrogens with zero attached hydrogens (tertiary/aromatic N) is 3. The van der Waals surface area contributed by atoms with Crippen molar-refractivity contribution in [2.24, 2.45) is 0 Å². The number of hydrogen-bond acceptors (Lipinski definition) is 6. The van der Waals surface area contributed by atoms with Crippen LogP contribution in [-0.4, -0.2) is 33.6 Å². The number of thioether (sulfide) groups is 1. The number of nitrogen functional groups attached to an aromatic ring is 1. The van der Waals surface area contributed by atoms with Gasteiger partial charge >= 0.3 is 0 Å². The lowest BCUT2D eigenvalue weighted by atomic mass is 10.1. The summed E-state index contributed by atoms with van der Waals surface area (Å²) in [6.45, 7) is 2.02. The van der Waals surface area contributed by atoms with Gasteiger partial charge in [-0.15, -0.1) is 11.3 Å². The zero-order valence-corrected chi connectivity index (χ0v) is 15.1. The van der Waals surface area contributed by atoms with Crippen LogP contribution in [0.2, 0.25) is 0 Å². The number of nitrogens with two attached hydrogens (primary N) is 1. The van der Waals surface area contributed by atoms with Crippen LogP contribution >= 0.6 is 23.1 Å². The SMILES string of the molecule is C[C@H](c1ccccc1)N(C)C(=O)CSc1nc(N)c2ccsc2n1. The van der Waals surface area contributed by atoms with Gasteiger partial charge in [-0.3, -0.25) is 4.79 Å². The number of benzene rings is 1. The lowest BCUT2D eigenvalue weighted by Crippen LogP contribution is -2.31. The molecule has 1 aromatic carbocycles. The summed E-state index contributed by atoms with van der Waals surface area (Å²) in [5, 5.41) is 3.34. The van der Waals surface area contributed by atoms with Gasteiger partial charge in [0.05, 0.1) is 17.2 Å². The maximum Gasteiger partial charge on any atom is 0.233 e. The van der Waals surface area contributed by atoms with Crippen molar-refractivity contribution in [3.05, 3.63) is 47.3 Å². The largest absolute Gasteiger partial charge is 0.383 e. The van der Waals surface area contributed by atoms with E-state index >= 15 is 0 Å². The highest BCUT2D eigenvalue weighted by Crippen LogP contribution is 2.27. The molecular weight excluding hydrogens is 340 g/mol. The Hall–Kier alpha value is -2.12. The van der Waals surface area contributed by atoms with E-state index in [9.17, 15) is 4.79 Å². The van der Waals surface area contributed by atoms with Crippen molar-refractivity contribution in [2.75, 3.05) is 18.5 Å². The molecule has 7 heteroatoms. The number of amides is 1. The number of hydrogen-bond donors (Lipinski definition) is 1. The summed E-state index contributed by atoms with van der Waals surface area (Å²) >= 11 is 2.83. The molecule has 1 atom stereocenters. The summed E-state index contributed by atoms with van der Waals surface area (Å²) in [4.78, 5) is 23.8. The van der Waals surface area contributed by atoms with Gasteiger partial charge in [-0.2, -0.15) is 0 Å². The van der Waals surface area contributed by atoms with E-state index in [2.05, 4.69) is 9.97 Å². The average molecular weight is 358 g/mol. The topological polar surface area (TPSA) is 72.1 Å². The molecule has 0 saturated heterocycles. The van der Waals surface area contributed by atoms with Crippen LogP contribution in [0.5, 0.6) is 0 Å². The number of carbonyl (C=O) groups excluding carboxylic acids is 1. The minimum Gasteiger partial charge on any atom is -0.383 e. The van der Waals surface area contributed by atoms with Gasteiger partial charge in [0.15, 0.2) is 5.16 Å². The predicted octanol–water partition coefficient (Wildman–Crippen LogP) is 3.59. The molecule has 1 amide bonds. The van der Waals surface area contributed by atoms with E-state index in [0.29, 0.717) is 11.0 Å². The third kappa shape index (κ3) is 3.52. The number of rotatable bonds is 5. The molecule has 0 bridgehead atoms. The van der Waals surface area contributed by atoms with Gasteiger partial charge in [-0.05, 0) is 23.9 Å². The Morgan fingerprint density at radius 2 is 2.04 bits per heavy atom. The monoisotopic (exact) mass is 358 g/mol. The first kappa shape index (κ1) is 16.7. The second kappa shape index (κ2) is 7.19. The van der Waals surface area contributed by atoms with Crippen LogP contribution in [0.15, 0.2) is 46.9 Å². The fraction of sp³-hybridized carbons (Fsp3) is 0.235. The third-order valence-corrected chi connectivity index (χ3v) is 5.55. The van der Waals surface area contributed by atoms with Crippen LogP contribution in [-0.2, 0) is 4.79 Å². The van der Waals surface area contributed by atoms with Crippen molar-refractivity contribution >= 4 is 45.0 Å². The average Bonchev–Trinajstić information content (AvgIpc) is 3.08.